The first kappa shape index (κ1) is 17.8. The summed E-state index contributed by atoms with van der Waals surface area (Å²) in [5.74, 6) is 0.898. The lowest BCUT2D eigenvalue weighted by molar-refractivity contribution is 0.183. The van der Waals surface area contributed by atoms with Crippen molar-refractivity contribution in [3.63, 3.8) is 0 Å². The van der Waals surface area contributed by atoms with E-state index < -0.39 is 6.75 Å². The van der Waals surface area contributed by atoms with Gasteiger partial charge in [0, 0.05) is 16.1 Å². The first-order valence-electron chi connectivity index (χ1n) is 8.07. The molecule has 0 saturated carbocycles. The molecule has 2 N–H and O–H groups in total. The Morgan fingerprint density at radius 1 is 1.11 bits per heavy atom. The second-order valence-electron chi connectivity index (χ2n) is 5.96. The lowest BCUT2D eigenvalue weighted by Crippen LogP contribution is -2.55. The lowest BCUT2D eigenvalue weighted by atomic mass is 9.70. The summed E-state index contributed by atoms with van der Waals surface area (Å²) in [6.07, 6.45) is 4.99. The Hall–Kier alpha value is -2.61. The van der Waals surface area contributed by atoms with Crippen LogP contribution in [0.2, 0.25) is 10.0 Å². The Balaban J connectivity index is 1.63. The molecule has 0 radical (unpaired) electrons. The summed E-state index contributed by atoms with van der Waals surface area (Å²) >= 11 is 11.9. The van der Waals surface area contributed by atoms with Gasteiger partial charge >= 0.3 is 6.75 Å². The van der Waals surface area contributed by atoms with Crippen LogP contribution < -0.4 is 9.97 Å². The third-order valence-electron chi connectivity index (χ3n) is 4.18. The zero-order chi connectivity index (χ0) is 19.0. The highest BCUT2D eigenvalue weighted by molar-refractivity contribution is 6.71. The maximum Gasteiger partial charge on any atom is 0.538 e. The first-order chi connectivity index (χ1) is 13.0. The van der Waals surface area contributed by atoms with Crippen molar-refractivity contribution >= 4 is 47.5 Å². The van der Waals surface area contributed by atoms with Crippen LogP contribution in [-0.2, 0) is 9.31 Å². The number of hydrogen-bond acceptors (Lipinski definition) is 6. The van der Waals surface area contributed by atoms with Crippen LogP contribution in [-0.4, -0.2) is 25.2 Å². The molecule has 0 aliphatic carbocycles. The van der Waals surface area contributed by atoms with Gasteiger partial charge in [0.15, 0.2) is 0 Å². The fraction of sp³-hybridized carbons (Fsp3) is 0.0556. The molecular formula is C18H14BCl2N2O4-. The normalized spacial score (nSPS) is 20.6. The minimum atomic E-state index is -2.27. The average Bonchev–Trinajstić information content (AvgIpc) is 2.65. The summed E-state index contributed by atoms with van der Waals surface area (Å²) in [6.45, 7) is -2.27. The SMILES string of the molecule is CO[B-]12OC(C=Nc3ccc(Cl)cc3O)=CC=C1Nc1ccc(Cl)cc1O2. The molecule has 9 heteroatoms. The molecule has 2 aliphatic heterocycles. The van der Waals surface area contributed by atoms with E-state index in [1.807, 2.05) is 6.07 Å². The molecule has 6 nitrogen and oxygen atoms in total. The summed E-state index contributed by atoms with van der Waals surface area (Å²) in [5, 5.41) is 14.1. The molecule has 138 valence electrons. The van der Waals surface area contributed by atoms with Crippen molar-refractivity contribution < 1.29 is 19.1 Å². The number of hydrogen-bond donors (Lipinski definition) is 2. The molecule has 4 rings (SSSR count). The largest absolute Gasteiger partial charge is 0.654 e. The number of fused-ring (bicyclic) bond motifs is 2. The van der Waals surface area contributed by atoms with Gasteiger partial charge in [-0.15, -0.1) is 0 Å². The number of aromatic hydroxyl groups is 1. The molecule has 27 heavy (non-hydrogen) atoms. The standard InChI is InChI=1S/C18H14BCl2N2O4/c1-25-19-18(23-15-6-3-12(21)9-17(15)27-19)7-4-13(26-19)10-22-14-5-2-11(20)8-16(14)24/h2-10,23-24H,1H3/q-1. The fourth-order valence-corrected chi connectivity index (χ4v) is 3.17. The summed E-state index contributed by atoms with van der Waals surface area (Å²) in [6, 6.07) is 9.92. The van der Waals surface area contributed by atoms with Crippen molar-refractivity contribution in [2.45, 2.75) is 0 Å². The monoisotopic (exact) mass is 403 g/mol. The quantitative estimate of drug-likeness (QED) is 0.567. The molecule has 2 heterocycles. The zero-order valence-corrected chi connectivity index (χ0v) is 15.7. The van der Waals surface area contributed by atoms with Crippen molar-refractivity contribution in [3.8, 4) is 11.5 Å². The number of phenolic OH excluding ortho intramolecular Hbond substituents is 1. The molecule has 0 saturated heterocycles. The van der Waals surface area contributed by atoms with E-state index >= 15 is 0 Å². The Kier molecular flexibility index (Phi) is 4.51. The highest BCUT2D eigenvalue weighted by Gasteiger charge is 2.43. The predicted octanol–water partition coefficient (Wildman–Crippen LogP) is 4.83. The molecule has 2 aromatic rings. The summed E-state index contributed by atoms with van der Waals surface area (Å²) in [7, 11) is 1.50. The third kappa shape index (κ3) is 3.37. The Labute approximate surface area is 165 Å². The Bertz CT molecular complexity index is 1010. The van der Waals surface area contributed by atoms with Crippen LogP contribution >= 0.6 is 23.2 Å². The van der Waals surface area contributed by atoms with Crippen molar-refractivity contribution in [2.24, 2.45) is 4.99 Å². The van der Waals surface area contributed by atoms with Crippen LogP contribution in [0.25, 0.3) is 0 Å². The van der Waals surface area contributed by atoms with Crippen LogP contribution in [0.5, 0.6) is 11.5 Å². The van der Waals surface area contributed by atoms with Gasteiger partial charge in [0.25, 0.3) is 0 Å². The van der Waals surface area contributed by atoms with Crippen molar-refractivity contribution in [2.75, 3.05) is 12.4 Å². The van der Waals surface area contributed by atoms with E-state index in [4.69, 9.17) is 37.2 Å². The number of rotatable bonds is 3. The van der Waals surface area contributed by atoms with Crippen molar-refractivity contribution in [1.29, 1.82) is 0 Å². The number of nitrogens with zero attached hydrogens (tertiary/aromatic N) is 1. The van der Waals surface area contributed by atoms with Gasteiger partial charge in [-0.1, -0.05) is 29.3 Å². The predicted molar refractivity (Wildman–Crippen MR) is 107 cm³/mol. The number of benzene rings is 2. The van der Waals surface area contributed by atoms with Gasteiger partial charge in [0.05, 0.1) is 23.4 Å². The maximum absolute atomic E-state index is 9.90. The highest BCUT2D eigenvalue weighted by Crippen LogP contribution is 2.40. The van der Waals surface area contributed by atoms with Gasteiger partial charge in [-0.05, 0) is 49.1 Å². The third-order valence-corrected chi connectivity index (χ3v) is 4.65. The van der Waals surface area contributed by atoms with Gasteiger partial charge in [-0.2, -0.15) is 0 Å². The molecule has 0 amide bonds. The topological polar surface area (TPSA) is 72.3 Å². The first-order valence-corrected chi connectivity index (χ1v) is 8.83. The molecule has 0 aromatic heterocycles. The zero-order valence-electron chi connectivity index (χ0n) is 14.1. The molecule has 2 aromatic carbocycles. The number of nitrogens with one attached hydrogen (secondary N) is 1. The van der Waals surface area contributed by atoms with E-state index in [9.17, 15) is 5.11 Å². The van der Waals surface area contributed by atoms with E-state index in [2.05, 4.69) is 10.3 Å². The van der Waals surface area contributed by atoms with Gasteiger partial charge in [-0.3, -0.25) is 0 Å². The molecule has 0 spiro atoms. The number of allylic oxidation sites excluding steroid dienone is 3. The van der Waals surface area contributed by atoms with E-state index in [-0.39, 0.29) is 5.75 Å². The Morgan fingerprint density at radius 2 is 1.89 bits per heavy atom. The number of phenols is 1. The summed E-state index contributed by atoms with van der Waals surface area (Å²) in [4.78, 5) is 4.23. The molecule has 2 aliphatic rings. The minimum absolute atomic E-state index is 0.0301. The van der Waals surface area contributed by atoms with Crippen LogP contribution in [0.1, 0.15) is 0 Å². The van der Waals surface area contributed by atoms with E-state index in [0.29, 0.717) is 32.8 Å². The second kappa shape index (κ2) is 6.85. The average molecular weight is 404 g/mol. The van der Waals surface area contributed by atoms with Gasteiger partial charge in [0.1, 0.15) is 11.4 Å². The molecular weight excluding hydrogens is 390 g/mol. The van der Waals surface area contributed by atoms with Crippen molar-refractivity contribution in [3.05, 3.63) is 70.0 Å². The summed E-state index contributed by atoms with van der Waals surface area (Å²) < 4.78 is 17.5. The lowest BCUT2D eigenvalue weighted by Gasteiger charge is -2.48. The molecule has 1 unspecified atom stereocenters. The van der Waals surface area contributed by atoms with E-state index in [1.54, 1.807) is 36.4 Å². The molecule has 0 bridgehead atoms. The number of halogens is 2. The Morgan fingerprint density at radius 3 is 2.67 bits per heavy atom. The van der Waals surface area contributed by atoms with Crippen LogP contribution in [0.4, 0.5) is 11.4 Å². The van der Waals surface area contributed by atoms with E-state index in [1.165, 1.54) is 19.4 Å². The fourth-order valence-electron chi connectivity index (χ4n) is 2.84. The molecule has 1 atom stereocenters. The van der Waals surface area contributed by atoms with Gasteiger partial charge in [0.2, 0.25) is 0 Å². The summed E-state index contributed by atoms with van der Waals surface area (Å²) in [5.41, 5.74) is 1.76. The van der Waals surface area contributed by atoms with Crippen LogP contribution in [0.15, 0.2) is 64.9 Å². The maximum atomic E-state index is 9.90. The van der Waals surface area contributed by atoms with Gasteiger partial charge in [-0.25, -0.2) is 4.99 Å². The van der Waals surface area contributed by atoms with Crippen LogP contribution in [0, 0.1) is 0 Å². The van der Waals surface area contributed by atoms with Gasteiger partial charge < -0.3 is 24.4 Å². The smallest absolute Gasteiger partial charge is 0.538 e. The number of aliphatic imine (C=N–C) groups is 1. The minimum Gasteiger partial charge on any atom is -0.654 e. The highest BCUT2D eigenvalue weighted by atomic mass is 35.5. The number of anilines is 1. The molecule has 0 fully saturated rings. The van der Waals surface area contributed by atoms with E-state index in [0.717, 1.165) is 5.69 Å². The van der Waals surface area contributed by atoms with Crippen molar-refractivity contribution in [1.82, 2.24) is 0 Å². The second-order valence-corrected chi connectivity index (χ2v) is 6.83. The van der Waals surface area contributed by atoms with Crippen LogP contribution in [0.3, 0.4) is 0 Å².